The van der Waals surface area contributed by atoms with E-state index in [1.54, 1.807) is 0 Å². The van der Waals surface area contributed by atoms with Gasteiger partial charge in [0.05, 0.1) is 0 Å². The minimum atomic E-state index is 0.608. The molecule has 0 spiro atoms. The Morgan fingerprint density at radius 1 is 0.818 bits per heavy atom. The van der Waals surface area contributed by atoms with E-state index in [2.05, 4.69) is 13.8 Å². The Morgan fingerprint density at radius 3 is 1.59 bits per heavy atom. The molecule has 0 unspecified atom stereocenters. The molecule has 6 heteroatoms. The zero-order valence-corrected chi connectivity index (χ0v) is 14.5. The third-order valence-electron chi connectivity index (χ3n) is 3.19. The summed E-state index contributed by atoms with van der Waals surface area (Å²) in [6, 6.07) is 7.50. The van der Waals surface area contributed by atoms with E-state index in [0.29, 0.717) is 10.1 Å². The summed E-state index contributed by atoms with van der Waals surface area (Å²) in [7, 11) is 2.65. The fraction of sp³-hybridized carbons (Fsp3) is 0.375. The van der Waals surface area contributed by atoms with E-state index in [4.69, 9.17) is 0 Å². The van der Waals surface area contributed by atoms with E-state index in [-0.39, 0.29) is 0 Å². The summed E-state index contributed by atoms with van der Waals surface area (Å²) in [5.74, 6) is 0. The van der Waals surface area contributed by atoms with Crippen molar-refractivity contribution in [1.29, 1.82) is 0 Å². The molecule has 2 heterocycles. The molecule has 118 valence electrons. The minimum absolute atomic E-state index is 0.608. The standard InChI is InChI=1S/C16H20N2O2S2/c1-3-5-13-7-9-17(19)15(11-13)21-22-16-12-14(6-4-2)8-10-18(16)20/h7-12H,3-6H2,1-2H3. The van der Waals surface area contributed by atoms with Crippen molar-refractivity contribution in [3.8, 4) is 0 Å². The van der Waals surface area contributed by atoms with Gasteiger partial charge in [-0.25, -0.2) is 0 Å². The number of hydrogen-bond donors (Lipinski definition) is 0. The highest BCUT2D eigenvalue weighted by Crippen LogP contribution is 2.34. The van der Waals surface area contributed by atoms with Gasteiger partial charge in [0.1, 0.15) is 0 Å². The number of rotatable bonds is 7. The molecule has 2 aromatic heterocycles. The lowest BCUT2D eigenvalue weighted by atomic mass is 10.2. The lowest BCUT2D eigenvalue weighted by molar-refractivity contribution is -0.646. The molecule has 22 heavy (non-hydrogen) atoms. The number of aromatic nitrogens is 2. The molecule has 0 bridgehead atoms. The van der Waals surface area contributed by atoms with Crippen LogP contribution in [0.3, 0.4) is 0 Å². The fourth-order valence-corrected chi connectivity index (χ4v) is 4.19. The van der Waals surface area contributed by atoms with Crippen LogP contribution in [-0.4, -0.2) is 0 Å². The van der Waals surface area contributed by atoms with Gasteiger partial charge in [-0.2, -0.15) is 9.46 Å². The third kappa shape index (κ3) is 4.55. The predicted molar refractivity (Wildman–Crippen MR) is 90.5 cm³/mol. The first-order valence-electron chi connectivity index (χ1n) is 7.42. The maximum absolute atomic E-state index is 11.8. The maximum atomic E-state index is 11.8. The molecule has 0 aliphatic heterocycles. The minimum Gasteiger partial charge on any atom is -0.618 e. The Bertz CT molecular complexity index is 580. The van der Waals surface area contributed by atoms with Gasteiger partial charge in [-0.3, -0.25) is 0 Å². The first kappa shape index (κ1) is 17.0. The van der Waals surface area contributed by atoms with Crippen molar-refractivity contribution >= 4 is 21.6 Å². The van der Waals surface area contributed by atoms with Crippen LogP contribution in [0.4, 0.5) is 0 Å². The average Bonchev–Trinajstić information content (AvgIpc) is 2.51. The van der Waals surface area contributed by atoms with Crippen LogP contribution < -0.4 is 9.46 Å². The van der Waals surface area contributed by atoms with Crippen molar-refractivity contribution in [1.82, 2.24) is 0 Å². The quantitative estimate of drug-likeness (QED) is 0.440. The highest BCUT2D eigenvalue weighted by molar-refractivity contribution is 8.76. The van der Waals surface area contributed by atoms with Crippen LogP contribution in [-0.2, 0) is 12.8 Å². The second-order valence-electron chi connectivity index (χ2n) is 5.06. The average molecular weight is 336 g/mol. The predicted octanol–water partition coefficient (Wildman–Crippen LogP) is 3.66. The van der Waals surface area contributed by atoms with Gasteiger partial charge in [-0.15, -0.1) is 0 Å². The lowest BCUT2D eigenvalue weighted by Gasteiger charge is -2.07. The summed E-state index contributed by atoms with van der Waals surface area (Å²) in [5, 5.41) is 24.9. The summed E-state index contributed by atoms with van der Waals surface area (Å²) >= 11 is 0. The van der Waals surface area contributed by atoms with Crippen molar-refractivity contribution < 1.29 is 9.46 Å². The lowest BCUT2D eigenvalue weighted by Crippen LogP contribution is -2.29. The summed E-state index contributed by atoms with van der Waals surface area (Å²) in [6.45, 7) is 4.22. The van der Waals surface area contributed by atoms with E-state index in [9.17, 15) is 10.4 Å². The molecule has 4 nitrogen and oxygen atoms in total. The zero-order chi connectivity index (χ0) is 15.9. The van der Waals surface area contributed by atoms with Crippen LogP contribution in [0.2, 0.25) is 0 Å². The van der Waals surface area contributed by atoms with Crippen molar-refractivity contribution in [3.63, 3.8) is 0 Å². The smallest absolute Gasteiger partial charge is 0.262 e. The highest BCUT2D eigenvalue weighted by Gasteiger charge is 2.14. The van der Waals surface area contributed by atoms with Crippen molar-refractivity contribution in [2.75, 3.05) is 0 Å². The Kier molecular flexibility index (Phi) is 6.39. The van der Waals surface area contributed by atoms with E-state index >= 15 is 0 Å². The van der Waals surface area contributed by atoms with Gasteiger partial charge in [0.15, 0.2) is 12.4 Å². The van der Waals surface area contributed by atoms with E-state index in [1.807, 2.05) is 24.3 Å². The summed E-state index contributed by atoms with van der Waals surface area (Å²) < 4.78 is 1.70. The summed E-state index contributed by atoms with van der Waals surface area (Å²) in [6.07, 6.45) is 7.05. The number of nitrogens with zero attached hydrogens (tertiary/aromatic N) is 2. The van der Waals surface area contributed by atoms with E-state index in [1.165, 1.54) is 34.0 Å². The summed E-state index contributed by atoms with van der Waals surface area (Å²) in [5.41, 5.74) is 2.29. The topological polar surface area (TPSA) is 53.9 Å². The SMILES string of the molecule is CCCc1cc[n+]([O-])c(SSc2cc(CCC)cc[n+]2[O-])c1. The Labute approximate surface area is 139 Å². The molecular formula is C16H20N2O2S2. The number of hydrogen-bond acceptors (Lipinski definition) is 4. The molecule has 2 rings (SSSR count). The van der Waals surface area contributed by atoms with E-state index in [0.717, 1.165) is 46.3 Å². The van der Waals surface area contributed by atoms with Gasteiger partial charge in [0.2, 0.25) is 0 Å². The Balaban J connectivity index is 2.12. The molecule has 0 amide bonds. The first-order valence-corrected chi connectivity index (χ1v) is 9.57. The number of aryl methyl sites for hydroxylation is 2. The van der Waals surface area contributed by atoms with Crippen molar-refractivity contribution in [2.24, 2.45) is 0 Å². The Hall–Kier alpha value is -1.40. The first-order chi connectivity index (χ1) is 10.6. The van der Waals surface area contributed by atoms with Crippen LogP contribution in [0.5, 0.6) is 0 Å². The van der Waals surface area contributed by atoms with Crippen molar-refractivity contribution in [2.45, 2.75) is 49.6 Å². The highest BCUT2D eigenvalue weighted by atomic mass is 33.1. The normalized spacial score (nSPS) is 10.8. The van der Waals surface area contributed by atoms with Crippen molar-refractivity contribution in [3.05, 3.63) is 58.2 Å². The van der Waals surface area contributed by atoms with Crippen LogP contribution in [0.15, 0.2) is 46.7 Å². The van der Waals surface area contributed by atoms with Crippen LogP contribution in [0, 0.1) is 10.4 Å². The molecule has 0 saturated heterocycles. The molecule has 0 saturated carbocycles. The van der Waals surface area contributed by atoms with E-state index < -0.39 is 0 Å². The van der Waals surface area contributed by atoms with Crippen LogP contribution in [0.1, 0.15) is 37.8 Å². The molecule has 0 atom stereocenters. The largest absolute Gasteiger partial charge is 0.618 e. The molecule has 0 aromatic carbocycles. The molecular weight excluding hydrogens is 316 g/mol. The molecule has 0 fully saturated rings. The zero-order valence-electron chi connectivity index (χ0n) is 12.8. The van der Waals surface area contributed by atoms with Gasteiger partial charge in [0.25, 0.3) is 10.1 Å². The molecule has 2 aromatic rings. The van der Waals surface area contributed by atoms with Gasteiger partial charge >= 0.3 is 0 Å². The van der Waals surface area contributed by atoms with Gasteiger partial charge < -0.3 is 10.4 Å². The van der Waals surface area contributed by atoms with Crippen LogP contribution in [0.25, 0.3) is 0 Å². The Morgan fingerprint density at radius 2 is 1.23 bits per heavy atom. The molecule has 0 aliphatic carbocycles. The molecule has 0 radical (unpaired) electrons. The second kappa shape index (κ2) is 8.29. The van der Waals surface area contributed by atoms with Gasteiger partial charge in [-0.1, -0.05) is 26.7 Å². The number of pyridine rings is 2. The van der Waals surface area contributed by atoms with Gasteiger partial charge in [-0.05, 0) is 24.0 Å². The molecule has 0 N–H and O–H groups in total. The summed E-state index contributed by atoms with van der Waals surface area (Å²) in [4.78, 5) is 0. The van der Waals surface area contributed by atoms with Gasteiger partial charge in [0, 0.05) is 45.9 Å². The molecule has 0 aliphatic rings. The monoisotopic (exact) mass is 336 g/mol. The second-order valence-corrected chi connectivity index (χ2v) is 7.23. The maximum Gasteiger partial charge on any atom is 0.262 e. The van der Waals surface area contributed by atoms with Crippen LogP contribution >= 0.6 is 21.6 Å². The fourth-order valence-electron chi connectivity index (χ4n) is 2.11. The third-order valence-corrected chi connectivity index (χ3v) is 5.48.